The molecule has 0 atom stereocenters. The Morgan fingerprint density at radius 2 is 1.91 bits per heavy atom. The first-order chi connectivity index (χ1) is 10.4. The summed E-state index contributed by atoms with van der Waals surface area (Å²) in [5.41, 5.74) is 0.310. The molecule has 0 spiro atoms. The molecule has 1 aromatic carbocycles. The first-order valence-corrected chi connectivity index (χ1v) is 7.88. The van der Waals surface area contributed by atoms with Crippen molar-refractivity contribution in [3.63, 3.8) is 0 Å². The molecule has 0 fully saturated rings. The summed E-state index contributed by atoms with van der Waals surface area (Å²) in [5, 5.41) is 10.5. The Hall–Kier alpha value is -2.48. The maximum Gasteiger partial charge on any atom is 0.263 e. The summed E-state index contributed by atoms with van der Waals surface area (Å²) in [7, 11) is -3.85. The van der Waals surface area contributed by atoms with E-state index in [2.05, 4.69) is 26.8 Å². The maximum absolute atomic E-state index is 13.1. The zero-order chi connectivity index (χ0) is 16.2. The lowest BCUT2D eigenvalue weighted by atomic mass is 10.2. The Labute approximate surface area is 128 Å². The normalized spacial score (nSPS) is 11.0. The smallest absolute Gasteiger partial charge is 0.263 e. The third kappa shape index (κ3) is 3.79. The van der Waals surface area contributed by atoms with E-state index in [1.165, 1.54) is 19.1 Å². The topological polar surface area (TPSA) is 84.0 Å². The molecule has 2 aromatic rings. The number of benzene rings is 1. The fourth-order valence-corrected chi connectivity index (χ4v) is 2.99. The van der Waals surface area contributed by atoms with E-state index in [0.29, 0.717) is 17.9 Å². The number of aromatic nitrogens is 2. The molecular formula is C14H15FN4O2S. The highest BCUT2D eigenvalue weighted by molar-refractivity contribution is 7.92. The van der Waals surface area contributed by atoms with E-state index in [0.717, 1.165) is 12.1 Å². The van der Waals surface area contributed by atoms with Crippen LogP contribution in [0.1, 0.15) is 5.56 Å². The summed E-state index contributed by atoms with van der Waals surface area (Å²) in [4.78, 5) is -0.00967. The van der Waals surface area contributed by atoms with Crippen LogP contribution in [0.4, 0.5) is 16.0 Å². The van der Waals surface area contributed by atoms with Gasteiger partial charge in [-0.15, -0.1) is 16.8 Å². The highest BCUT2D eigenvalue weighted by atomic mass is 32.2. The largest absolute Gasteiger partial charge is 0.365 e. The lowest BCUT2D eigenvalue weighted by molar-refractivity contribution is 0.598. The van der Waals surface area contributed by atoms with Crippen LogP contribution in [0.15, 0.2) is 47.9 Å². The first kappa shape index (κ1) is 15.9. The van der Waals surface area contributed by atoms with E-state index in [1.807, 2.05) is 0 Å². The lowest BCUT2D eigenvalue weighted by Crippen LogP contribution is -2.16. The zero-order valence-corrected chi connectivity index (χ0v) is 12.7. The van der Waals surface area contributed by atoms with Crippen molar-refractivity contribution in [3.05, 3.63) is 54.4 Å². The highest BCUT2D eigenvalue weighted by Crippen LogP contribution is 2.19. The third-order valence-electron chi connectivity index (χ3n) is 2.76. The van der Waals surface area contributed by atoms with E-state index >= 15 is 0 Å². The summed E-state index contributed by atoms with van der Waals surface area (Å²) >= 11 is 0. The van der Waals surface area contributed by atoms with Crippen LogP contribution in [-0.2, 0) is 10.0 Å². The molecule has 22 heavy (non-hydrogen) atoms. The molecule has 0 bridgehead atoms. The van der Waals surface area contributed by atoms with Gasteiger partial charge in [-0.05, 0) is 42.8 Å². The van der Waals surface area contributed by atoms with Crippen LogP contribution in [0.5, 0.6) is 0 Å². The minimum atomic E-state index is -3.85. The third-order valence-corrected chi connectivity index (χ3v) is 4.27. The van der Waals surface area contributed by atoms with Crippen LogP contribution < -0.4 is 10.0 Å². The second kappa shape index (κ2) is 6.52. The van der Waals surface area contributed by atoms with Crippen LogP contribution in [0.25, 0.3) is 0 Å². The Bertz CT molecular complexity index is 776. The number of halogens is 1. The average molecular weight is 322 g/mol. The Balaban J connectivity index is 2.19. The Morgan fingerprint density at radius 1 is 1.23 bits per heavy atom. The molecule has 1 heterocycles. The quantitative estimate of drug-likeness (QED) is 0.797. The SMILES string of the molecule is C=CCNc1ccc(NS(=O)(=O)c2ccc(F)cc2C)nn1. The molecule has 0 saturated heterocycles. The van der Waals surface area contributed by atoms with Crippen LogP contribution in [0, 0.1) is 12.7 Å². The van der Waals surface area contributed by atoms with Gasteiger partial charge in [-0.1, -0.05) is 6.08 Å². The van der Waals surface area contributed by atoms with E-state index < -0.39 is 15.8 Å². The van der Waals surface area contributed by atoms with Crippen molar-refractivity contribution < 1.29 is 12.8 Å². The number of anilines is 2. The van der Waals surface area contributed by atoms with Crippen LogP contribution in [-0.4, -0.2) is 25.2 Å². The van der Waals surface area contributed by atoms with Gasteiger partial charge >= 0.3 is 0 Å². The van der Waals surface area contributed by atoms with Crippen molar-refractivity contribution in [1.29, 1.82) is 0 Å². The van der Waals surface area contributed by atoms with E-state index in [4.69, 9.17) is 0 Å². The number of sulfonamides is 1. The first-order valence-electron chi connectivity index (χ1n) is 6.40. The summed E-state index contributed by atoms with van der Waals surface area (Å²) < 4.78 is 39.9. The summed E-state index contributed by atoms with van der Waals surface area (Å²) in [5.74, 6) is 0.0857. The second-order valence-electron chi connectivity index (χ2n) is 4.49. The minimum Gasteiger partial charge on any atom is -0.365 e. The zero-order valence-electron chi connectivity index (χ0n) is 11.9. The van der Waals surface area contributed by atoms with Crippen LogP contribution in [0.3, 0.4) is 0 Å². The van der Waals surface area contributed by atoms with E-state index in [9.17, 15) is 12.8 Å². The van der Waals surface area contributed by atoms with Gasteiger partial charge in [0.1, 0.15) is 11.6 Å². The highest BCUT2D eigenvalue weighted by Gasteiger charge is 2.18. The number of nitrogens with one attached hydrogen (secondary N) is 2. The van der Waals surface area contributed by atoms with Gasteiger partial charge in [0.2, 0.25) is 0 Å². The van der Waals surface area contributed by atoms with Crippen molar-refractivity contribution in [2.24, 2.45) is 0 Å². The summed E-state index contributed by atoms with van der Waals surface area (Å²) in [6.45, 7) is 5.60. The summed E-state index contributed by atoms with van der Waals surface area (Å²) in [6, 6.07) is 6.53. The second-order valence-corrected chi connectivity index (χ2v) is 6.14. The standard InChI is InChI=1S/C14H15FN4O2S/c1-3-8-16-13-6-7-14(18-17-13)19-22(20,21)12-5-4-11(15)9-10(12)2/h3-7,9H,1,8H2,2H3,(H,16,17)(H,18,19). The Morgan fingerprint density at radius 3 is 2.50 bits per heavy atom. The number of hydrogen-bond acceptors (Lipinski definition) is 5. The number of nitrogens with zero attached hydrogens (tertiary/aromatic N) is 2. The molecule has 2 rings (SSSR count). The van der Waals surface area contributed by atoms with Gasteiger partial charge in [0.15, 0.2) is 5.82 Å². The van der Waals surface area contributed by atoms with Gasteiger partial charge in [0.05, 0.1) is 4.90 Å². The molecular weight excluding hydrogens is 307 g/mol. The van der Waals surface area contributed by atoms with E-state index in [-0.39, 0.29) is 10.7 Å². The van der Waals surface area contributed by atoms with Crippen molar-refractivity contribution in [2.75, 3.05) is 16.6 Å². The molecule has 0 aliphatic rings. The summed E-state index contributed by atoms with van der Waals surface area (Å²) in [6.07, 6.45) is 1.66. The molecule has 0 amide bonds. The molecule has 0 radical (unpaired) electrons. The van der Waals surface area contributed by atoms with Gasteiger partial charge < -0.3 is 5.32 Å². The molecule has 8 heteroatoms. The monoisotopic (exact) mass is 322 g/mol. The van der Waals surface area contributed by atoms with Crippen molar-refractivity contribution in [3.8, 4) is 0 Å². The molecule has 0 saturated carbocycles. The molecule has 1 aromatic heterocycles. The lowest BCUT2D eigenvalue weighted by Gasteiger charge is -2.09. The molecule has 2 N–H and O–H groups in total. The fraction of sp³-hybridized carbons (Fsp3) is 0.143. The molecule has 0 unspecified atom stereocenters. The number of aryl methyl sites for hydroxylation is 1. The molecule has 116 valence electrons. The predicted octanol–water partition coefficient (Wildman–Crippen LogP) is 2.32. The minimum absolute atomic E-state index is 0.00967. The number of rotatable bonds is 6. The van der Waals surface area contributed by atoms with Crippen LogP contribution >= 0.6 is 0 Å². The van der Waals surface area contributed by atoms with Crippen LogP contribution in [0.2, 0.25) is 0 Å². The van der Waals surface area contributed by atoms with Crippen molar-refractivity contribution in [1.82, 2.24) is 10.2 Å². The predicted molar refractivity (Wildman–Crippen MR) is 82.7 cm³/mol. The van der Waals surface area contributed by atoms with Gasteiger partial charge in [-0.25, -0.2) is 12.8 Å². The molecule has 6 nitrogen and oxygen atoms in total. The molecule has 0 aliphatic heterocycles. The molecule has 0 aliphatic carbocycles. The maximum atomic E-state index is 13.1. The Kier molecular flexibility index (Phi) is 4.71. The van der Waals surface area contributed by atoms with Gasteiger partial charge in [-0.3, -0.25) is 4.72 Å². The number of hydrogen-bond donors (Lipinski definition) is 2. The van der Waals surface area contributed by atoms with Crippen molar-refractivity contribution in [2.45, 2.75) is 11.8 Å². The van der Waals surface area contributed by atoms with Gasteiger partial charge in [0.25, 0.3) is 10.0 Å². The van der Waals surface area contributed by atoms with Gasteiger partial charge in [0, 0.05) is 6.54 Å². The van der Waals surface area contributed by atoms with E-state index in [1.54, 1.807) is 12.1 Å². The van der Waals surface area contributed by atoms with Gasteiger partial charge in [-0.2, -0.15) is 0 Å². The fourth-order valence-electron chi connectivity index (χ4n) is 1.76. The average Bonchev–Trinajstić information content (AvgIpc) is 2.45. The van der Waals surface area contributed by atoms with Crippen molar-refractivity contribution >= 4 is 21.7 Å².